The summed E-state index contributed by atoms with van der Waals surface area (Å²) in [7, 11) is 3.14. The van der Waals surface area contributed by atoms with Crippen LogP contribution in [0.1, 0.15) is 16.7 Å². The van der Waals surface area contributed by atoms with E-state index in [0.717, 1.165) is 22.2 Å². The molecule has 0 spiro atoms. The van der Waals surface area contributed by atoms with E-state index in [1.165, 1.54) is 0 Å². The van der Waals surface area contributed by atoms with Gasteiger partial charge in [-0.1, -0.05) is 23.8 Å². The number of pyridine rings is 1. The van der Waals surface area contributed by atoms with Gasteiger partial charge in [-0.3, -0.25) is 4.79 Å². The van der Waals surface area contributed by atoms with Crippen molar-refractivity contribution in [3.63, 3.8) is 0 Å². The molecule has 0 fully saturated rings. The van der Waals surface area contributed by atoms with Crippen molar-refractivity contribution in [2.45, 2.75) is 20.0 Å². The van der Waals surface area contributed by atoms with E-state index in [9.17, 15) is 4.79 Å². The number of aryl methyl sites for hydroxylation is 1. The summed E-state index contributed by atoms with van der Waals surface area (Å²) in [6.07, 6.45) is 0. The molecule has 0 aliphatic carbocycles. The Hall–Kier alpha value is -4.24. The Bertz CT molecular complexity index is 1520. The number of fused-ring (bicyclic) bond motifs is 2. The Morgan fingerprint density at radius 3 is 2.46 bits per heavy atom. The van der Waals surface area contributed by atoms with Crippen LogP contribution in [-0.4, -0.2) is 36.0 Å². The number of benzene rings is 3. The van der Waals surface area contributed by atoms with E-state index in [0.29, 0.717) is 45.7 Å². The van der Waals surface area contributed by atoms with Crippen LogP contribution in [0.5, 0.6) is 23.0 Å². The van der Waals surface area contributed by atoms with Crippen molar-refractivity contribution in [1.82, 2.24) is 9.88 Å². The molecule has 37 heavy (non-hydrogen) atoms. The van der Waals surface area contributed by atoms with Gasteiger partial charge in [0.05, 0.1) is 26.3 Å². The van der Waals surface area contributed by atoms with Crippen molar-refractivity contribution in [1.29, 1.82) is 0 Å². The van der Waals surface area contributed by atoms with E-state index >= 15 is 0 Å². The molecule has 1 aromatic heterocycles. The maximum Gasteiger partial charge on any atom is 0.253 e. The molecule has 9 heteroatoms. The Balaban J connectivity index is 1.47. The standard InChI is InChI=1S/C28H27N3O5S/c1-17-4-7-21(8-5-17)29-28(37)31(14-18-6-9-23-26(10-18)36-16-35-23)15-20-11-19-12-24(33-2)25(34-3)13-22(19)30-27(20)32/h4-13H,14-16H2,1-3H3,(H,29,37)(H,30,32). The van der Waals surface area contributed by atoms with Crippen LogP contribution in [0.4, 0.5) is 5.69 Å². The van der Waals surface area contributed by atoms with Crippen molar-refractivity contribution in [3.05, 3.63) is 87.7 Å². The molecule has 2 heterocycles. The molecule has 2 N–H and O–H groups in total. The van der Waals surface area contributed by atoms with Crippen LogP contribution in [0.2, 0.25) is 0 Å². The average Bonchev–Trinajstić information content (AvgIpc) is 3.37. The number of aromatic nitrogens is 1. The van der Waals surface area contributed by atoms with Gasteiger partial charge in [-0.25, -0.2) is 0 Å². The Morgan fingerprint density at radius 1 is 0.973 bits per heavy atom. The van der Waals surface area contributed by atoms with E-state index in [2.05, 4.69) is 10.3 Å². The maximum absolute atomic E-state index is 13.1. The first-order chi connectivity index (χ1) is 17.9. The quantitative estimate of drug-likeness (QED) is 0.332. The Kier molecular flexibility index (Phi) is 6.87. The summed E-state index contributed by atoms with van der Waals surface area (Å²) in [6, 6.07) is 19.2. The third-order valence-corrected chi connectivity index (χ3v) is 6.55. The highest BCUT2D eigenvalue weighted by atomic mass is 32.1. The smallest absolute Gasteiger partial charge is 0.253 e. The van der Waals surface area contributed by atoms with Crippen LogP contribution in [0, 0.1) is 6.92 Å². The number of hydrogen-bond donors (Lipinski definition) is 2. The lowest BCUT2D eigenvalue weighted by Crippen LogP contribution is -2.35. The van der Waals surface area contributed by atoms with Gasteiger partial charge in [-0.05, 0) is 61.1 Å². The molecular formula is C28H27N3O5S. The lowest BCUT2D eigenvalue weighted by atomic mass is 10.1. The first-order valence-corrected chi connectivity index (χ1v) is 12.1. The molecule has 4 aromatic rings. The highest BCUT2D eigenvalue weighted by Gasteiger charge is 2.18. The molecule has 8 nitrogen and oxygen atoms in total. The zero-order valence-electron chi connectivity index (χ0n) is 20.8. The second-order valence-electron chi connectivity index (χ2n) is 8.76. The lowest BCUT2D eigenvalue weighted by Gasteiger charge is -2.26. The fraction of sp³-hybridized carbons (Fsp3) is 0.214. The van der Waals surface area contributed by atoms with Crippen molar-refractivity contribution in [2.75, 3.05) is 26.3 Å². The molecule has 0 bridgehead atoms. The number of methoxy groups -OCH3 is 2. The number of hydrogen-bond acceptors (Lipinski definition) is 6. The topological polar surface area (TPSA) is 85.0 Å². The molecule has 1 aliphatic rings. The number of nitrogens with zero attached hydrogens (tertiary/aromatic N) is 1. The molecule has 1 aliphatic heterocycles. The van der Waals surface area contributed by atoms with Gasteiger partial charge < -0.3 is 34.1 Å². The van der Waals surface area contributed by atoms with Crippen molar-refractivity contribution in [2.24, 2.45) is 0 Å². The van der Waals surface area contributed by atoms with Crippen LogP contribution >= 0.6 is 12.2 Å². The summed E-state index contributed by atoms with van der Waals surface area (Å²) < 4.78 is 21.8. The minimum Gasteiger partial charge on any atom is -0.493 e. The maximum atomic E-state index is 13.1. The van der Waals surface area contributed by atoms with Gasteiger partial charge in [0.1, 0.15) is 0 Å². The van der Waals surface area contributed by atoms with E-state index in [1.807, 2.05) is 66.4 Å². The van der Waals surface area contributed by atoms with E-state index in [-0.39, 0.29) is 18.9 Å². The number of ether oxygens (including phenoxy) is 4. The molecule has 0 atom stereocenters. The zero-order chi connectivity index (χ0) is 25.9. The fourth-order valence-corrected chi connectivity index (χ4v) is 4.45. The monoisotopic (exact) mass is 517 g/mol. The first kappa shape index (κ1) is 24.5. The summed E-state index contributed by atoms with van der Waals surface area (Å²) in [6.45, 7) is 2.98. The zero-order valence-corrected chi connectivity index (χ0v) is 21.6. The fourth-order valence-electron chi connectivity index (χ4n) is 4.20. The molecule has 190 valence electrons. The number of anilines is 1. The predicted octanol–water partition coefficient (Wildman–Crippen LogP) is 4.98. The highest BCUT2D eigenvalue weighted by molar-refractivity contribution is 7.80. The van der Waals surface area contributed by atoms with Crippen LogP contribution in [0.15, 0.2) is 65.5 Å². The van der Waals surface area contributed by atoms with Gasteiger partial charge in [-0.2, -0.15) is 0 Å². The van der Waals surface area contributed by atoms with Crippen molar-refractivity contribution in [3.8, 4) is 23.0 Å². The third kappa shape index (κ3) is 5.31. The Labute approximate surface area is 219 Å². The molecule has 0 radical (unpaired) electrons. The van der Waals surface area contributed by atoms with Gasteiger partial charge >= 0.3 is 0 Å². The van der Waals surface area contributed by atoms with Gasteiger partial charge in [0, 0.05) is 29.2 Å². The summed E-state index contributed by atoms with van der Waals surface area (Å²) in [5, 5.41) is 4.63. The minimum absolute atomic E-state index is 0.200. The third-order valence-electron chi connectivity index (χ3n) is 6.19. The first-order valence-electron chi connectivity index (χ1n) is 11.7. The van der Waals surface area contributed by atoms with Gasteiger partial charge in [0.25, 0.3) is 5.56 Å². The normalized spacial score (nSPS) is 11.9. The highest BCUT2D eigenvalue weighted by Crippen LogP contribution is 2.33. The number of thiocarbonyl (C=S) groups is 1. The van der Waals surface area contributed by atoms with Crippen LogP contribution in [0.3, 0.4) is 0 Å². The lowest BCUT2D eigenvalue weighted by molar-refractivity contribution is 0.174. The molecular weight excluding hydrogens is 490 g/mol. The summed E-state index contributed by atoms with van der Waals surface area (Å²) in [4.78, 5) is 18.0. The van der Waals surface area contributed by atoms with Crippen LogP contribution < -0.4 is 29.8 Å². The van der Waals surface area contributed by atoms with Crippen molar-refractivity contribution >= 4 is 33.9 Å². The van der Waals surface area contributed by atoms with E-state index in [1.54, 1.807) is 20.3 Å². The van der Waals surface area contributed by atoms with Gasteiger partial charge in [-0.15, -0.1) is 0 Å². The second kappa shape index (κ2) is 10.4. The molecule has 5 rings (SSSR count). The van der Waals surface area contributed by atoms with Crippen molar-refractivity contribution < 1.29 is 18.9 Å². The van der Waals surface area contributed by atoms with Gasteiger partial charge in [0.15, 0.2) is 28.1 Å². The molecule has 0 saturated carbocycles. The van der Waals surface area contributed by atoms with Gasteiger partial charge in [0.2, 0.25) is 6.79 Å². The summed E-state index contributed by atoms with van der Waals surface area (Å²) in [5.74, 6) is 2.54. The largest absolute Gasteiger partial charge is 0.493 e. The second-order valence-corrected chi connectivity index (χ2v) is 9.14. The predicted molar refractivity (Wildman–Crippen MR) is 147 cm³/mol. The number of nitrogens with one attached hydrogen (secondary N) is 2. The minimum atomic E-state index is -0.200. The average molecular weight is 518 g/mol. The SMILES string of the molecule is COc1cc2cc(CN(Cc3ccc4c(c3)OCO4)C(=S)Nc3ccc(C)cc3)c(=O)[nH]c2cc1OC. The summed E-state index contributed by atoms with van der Waals surface area (Å²) in [5.41, 5.74) is 4.02. The molecule has 3 aromatic carbocycles. The molecule has 0 amide bonds. The summed E-state index contributed by atoms with van der Waals surface area (Å²) >= 11 is 5.81. The molecule has 0 saturated heterocycles. The van der Waals surface area contributed by atoms with Crippen LogP contribution in [-0.2, 0) is 13.1 Å². The van der Waals surface area contributed by atoms with E-state index in [4.69, 9.17) is 31.2 Å². The number of rotatable bonds is 7. The van der Waals surface area contributed by atoms with E-state index < -0.39 is 0 Å². The van der Waals surface area contributed by atoms with Crippen LogP contribution in [0.25, 0.3) is 10.9 Å². The number of H-pyrrole nitrogens is 1. The molecule has 0 unspecified atom stereocenters. The number of aromatic amines is 1. The Morgan fingerprint density at radius 2 is 1.70 bits per heavy atom.